The number of nitrogens with zero attached hydrogens (tertiary/aromatic N) is 3. The number of anilines is 3. The van der Waals surface area contributed by atoms with Crippen molar-refractivity contribution in [3.63, 3.8) is 0 Å². The second kappa shape index (κ2) is 10.6. The van der Waals surface area contributed by atoms with Crippen LogP contribution in [0.1, 0.15) is 27.3 Å². The minimum absolute atomic E-state index is 0.00749. The Morgan fingerprint density at radius 1 is 1.08 bits per heavy atom. The van der Waals surface area contributed by atoms with Gasteiger partial charge >= 0.3 is 0 Å². The Morgan fingerprint density at radius 2 is 1.95 bits per heavy atom. The van der Waals surface area contributed by atoms with Gasteiger partial charge in [-0.3, -0.25) is 9.59 Å². The summed E-state index contributed by atoms with van der Waals surface area (Å²) in [6.07, 6.45) is 8.44. The van der Waals surface area contributed by atoms with Gasteiger partial charge in [0, 0.05) is 35.6 Å². The first-order valence-electron chi connectivity index (χ1n) is 11.2. The van der Waals surface area contributed by atoms with Crippen LogP contribution >= 0.6 is 11.6 Å². The van der Waals surface area contributed by atoms with E-state index in [1.54, 1.807) is 24.4 Å². The van der Waals surface area contributed by atoms with Crippen LogP contribution in [-0.2, 0) is 4.79 Å². The highest BCUT2D eigenvalue weighted by Gasteiger charge is 2.24. The highest BCUT2D eigenvalue weighted by molar-refractivity contribution is 6.34. The van der Waals surface area contributed by atoms with Crippen LogP contribution in [0.2, 0.25) is 5.15 Å². The number of rotatable bonds is 7. The first-order valence-corrected chi connectivity index (χ1v) is 11.6. The number of hydrogen-bond donors (Lipinski definition) is 4. The zero-order chi connectivity index (χ0) is 26.6. The van der Waals surface area contributed by atoms with Gasteiger partial charge in [0.25, 0.3) is 11.8 Å². The predicted octanol–water partition coefficient (Wildman–Crippen LogP) is 4.81. The first kappa shape index (κ1) is 24.8. The van der Waals surface area contributed by atoms with Crippen LogP contribution in [0.25, 0.3) is 17.7 Å². The predicted molar refractivity (Wildman–Crippen MR) is 140 cm³/mol. The fourth-order valence-corrected chi connectivity index (χ4v) is 3.87. The van der Waals surface area contributed by atoms with Crippen molar-refractivity contribution in [2.75, 3.05) is 17.2 Å². The minimum atomic E-state index is -1.04. The molecule has 9 nitrogen and oxygen atoms in total. The standard InChI is InChI=1S/C26H18ClF2N7O2/c27-23-11-22(35-26(36-23)33-15-4-6-19(28)20(29)10-15)25(38)31-7-1-2-14-3-5-17-18(9-16-12-30-13-32-16)24(37)34-21(17)8-14/h1-6,8-13H,7H2,(H,30,32)(H,31,38)(H,34,37)(H,33,35,36)/b2-1+,18-9+. The van der Waals surface area contributed by atoms with Crippen molar-refractivity contribution in [2.24, 2.45) is 0 Å². The number of carbonyl (C=O) groups excluding carboxylic acids is 2. The smallest absolute Gasteiger partial charge is 0.270 e. The summed E-state index contributed by atoms with van der Waals surface area (Å²) in [6, 6.07) is 10.0. The Hall–Kier alpha value is -4.90. The highest BCUT2D eigenvalue weighted by atomic mass is 35.5. The van der Waals surface area contributed by atoms with Crippen molar-refractivity contribution in [3.8, 4) is 0 Å². The number of benzene rings is 2. The van der Waals surface area contributed by atoms with E-state index < -0.39 is 17.5 Å². The van der Waals surface area contributed by atoms with Gasteiger partial charge in [0.1, 0.15) is 10.8 Å². The van der Waals surface area contributed by atoms with Gasteiger partial charge in [-0.25, -0.2) is 23.7 Å². The van der Waals surface area contributed by atoms with Crippen LogP contribution in [0.5, 0.6) is 0 Å². The summed E-state index contributed by atoms with van der Waals surface area (Å²) < 4.78 is 26.6. The molecule has 0 saturated carbocycles. The number of amides is 2. The molecule has 0 atom stereocenters. The number of aromatic amines is 1. The number of H-pyrrole nitrogens is 1. The summed E-state index contributed by atoms with van der Waals surface area (Å²) in [5.74, 6) is -2.80. The molecular weight excluding hydrogens is 516 g/mol. The molecule has 0 fully saturated rings. The molecule has 0 bridgehead atoms. The van der Waals surface area contributed by atoms with E-state index in [0.717, 1.165) is 29.0 Å². The molecule has 38 heavy (non-hydrogen) atoms. The molecule has 12 heteroatoms. The van der Waals surface area contributed by atoms with Crippen molar-refractivity contribution in [2.45, 2.75) is 0 Å². The van der Waals surface area contributed by atoms with E-state index in [1.807, 2.05) is 18.2 Å². The largest absolute Gasteiger partial charge is 0.347 e. The molecule has 0 spiro atoms. The third-order valence-corrected chi connectivity index (χ3v) is 5.63. The third-order valence-electron chi connectivity index (χ3n) is 5.44. The summed E-state index contributed by atoms with van der Waals surface area (Å²) in [6.45, 7) is 0.181. The average molecular weight is 534 g/mol. The number of carbonyl (C=O) groups is 2. The Labute approximate surface area is 219 Å². The van der Waals surface area contributed by atoms with Gasteiger partial charge in [0.05, 0.1) is 23.8 Å². The van der Waals surface area contributed by atoms with Crippen LogP contribution in [-0.4, -0.2) is 38.3 Å². The van der Waals surface area contributed by atoms with E-state index in [0.29, 0.717) is 11.3 Å². The lowest BCUT2D eigenvalue weighted by atomic mass is 10.0. The number of fused-ring (bicyclic) bond motifs is 1. The van der Waals surface area contributed by atoms with Crippen molar-refractivity contribution in [1.29, 1.82) is 0 Å². The Morgan fingerprint density at radius 3 is 2.74 bits per heavy atom. The summed E-state index contributed by atoms with van der Waals surface area (Å²) >= 11 is 6.01. The lowest BCUT2D eigenvalue weighted by molar-refractivity contribution is -0.110. The average Bonchev–Trinajstić information content (AvgIpc) is 3.51. The van der Waals surface area contributed by atoms with Crippen molar-refractivity contribution < 1.29 is 18.4 Å². The van der Waals surface area contributed by atoms with Gasteiger partial charge in [0.2, 0.25) is 5.95 Å². The third kappa shape index (κ3) is 5.57. The topological polar surface area (TPSA) is 125 Å². The van der Waals surface area contributed by atoms with E-state index in [9.17, 15) is 18.4 Å². The van der Waals surface area contributed by atoms with Crippen LogP contribution < -0.4 is 16.0 Å². The maximum atomic E-state index is 13.5. The molecule has 0 aliphatic carbocycles. The van der Waals surface area contributed by atoms with Crippen LogP contribution in [0.3, 0.4) is 0 Å². The number of hydrogen-bond acceptors (Lipinski definition) is 6. The maximum absolute atomic E-state index is 13.5. The van der Waals surface area contributed by atoms with E-state index in [4.69, 9.17) is 11.6 Å². The minimum Gasteiger partial charge on any atom is -0.347 e. The van der Waals surface area contributed by atoms with Crippen LogP contribution in [0.4, 0.5) is 26.1 Å². The van der Waals surface area contributed by atoms with E-state index >= 15 is 0 Å². The summed E-state index contributed by atoms with van der Waals surface area (Å²) in [5.41, 5.74) is 3.72. The van der Waals surface area contributed by atoms with Gasteiger partial charge in [-0.05, 0) is 29.8 Å². The van der Waals surface area contributed by atoms with Gasteiger partial charge < -0.3 is 20.9 Å². The van der Waals surface area contributed by atoms with Gasteiger partial charge in [-0.2, -0.15) is 0 Å². The van der Waals surface area contributed by atoms with Crippen molar-refractivity contribution in [3.05, 3.63) is 100 Å². The van der Waals surface area contributed by atoms with Gasteiger partial charge in [0.15, 0.2) is 11.6 Å². The van der Waals surface area contributed by atoms with E-state index in [-0.39, 0.29) is 34.9 Å². The molecule has 1 aliphatic heterocycles. The van der Waals surface area contributed by atoms with Gasteiger partial charge in [-0.1, -0.05) is 35.9 Å². The zero-order valence-corrected chi connectivity index (χ0v) is 20.2. The number of imidazole rings is 1. The first-order chi connectivity index (χ1) is 18.4. The van der Waals surface area contributed by atoms with E-state index in [1.165, 1.54) is 18.5 Å². The number of aromatic nitrogens is 4. The summed E-state index contributed by atoms with van der Waals surface area (Å²) in [7, 11) is 0. The molecule has 2 aromatic heterocycles. The lowest BCUT2D eigenvalue weighted by Crippen LogP contribution is -2.24. The summed E-state index contributed by atoms with van der Waals surface area (Å²) in [5, 5.41) is 8.22. The molecule has 4 aromatic rings. The molecule has 2 amide bonds. The quantitative estimate of drug-likeness (QED) is 0.200. The molecule has 0 unspecified atom stereocenters. The fourth-order valence-electron chi connectivity index (χ4n) is 3.69. The molecule has 1 aliphatic rings. The van der Waals surface area contributed by atoms with Crippen molar-refractivity contribution >= 4 is 58.5 Å². The van der Waals surface area contributed by atoms with Crippen molar-refractivity contribution in [1.82, 2.24) is 25.3 Å². The molecule has 190 valence electrons. The fraction of sp³-hybridized carbons (Fsp3) is 0.0385. The molecule has 2 aromatic carbocycles. The molecule has 3 heterocycles. The Kier molecular flexibility index (Phi) is 6.92. The molecule has 5 rings (SSSR count). The monoisotopic (exact) mass is 533 g/mol. The number of halogens is 3. The molecule has 0 radical (unpaired) electrons. The maximum Gasteiger partial charge on any atom is 0.270 e. The second-order valence-corrected chi connectivity index (χ2v) is 8.48. The summed E-state index contributed by atoms with van der Waals surface area (Å²) in [4.78, 5) is 39.9. The van der Waals surface area contributed by atoms with Gasteiger partial charge in [-0.15, -0.1) is 0 Å². The lowest BCUT2D eigenvalue weighted by Gasteiger charge is -2.08. The number of nitrogens with one attached hydrogen (secondary N) is 4. The molecule has 4 N–H and O–H groups in total. The van der Waals surface area contributed by atoms with Crippen LogP contribution in [0.15, 0.2) is 61.1 Å². The Balaban J connectivity index is 1.21. The highest BCUT2D eigenvalue weighted by Crippen LogP contribution is 2.33. The molecular formula is C26H18ClF2N7O2. The van der Waals surface area contributed by atoms with E-state index in [2.05, 4.69) is 35.9 Å². The van der Waals surface area contributed by atoms with Crippen LogP contribution in [0, 0.1) is 11.6 Å². The zero-order valence-electron chi connectivity index (χ0n) is 19.4. The molecule has 0 saturated heterocycles. The normalized spacial score (nSPS) is 13.6. The SMILES string of the molecule is O=C1Nc2cc(/C=C/CNC(=O)c3cc(Cl)nc(Nc4ccc(F)c(F)c4)n3)ccc2/C1=C\c1cnc[nH]1. The Bertz CT molecular complexity index is 1600. The second-order valence-electron chi connectivity index (χ2n) is 8.09.